The summed E-state index contributed by atoms with van der Waals surface area (Å²) in [6.45, 7) is 29.9. The van der Waals surface area contributed by atoms with Gasteiger partial charge < -0.3 is 13.7 Å². The average molecular weight is 623 g/mol. The van der Waals surface area contributed by atoms with Gasteiger partial charge in [-0.2, -0.15) is 4.98 Å². The van der Waals surface area contributed by atoms with Crippen LogP contribution in [0.2, 0.25) is 18.1 Å². The minimum absolute atomic E-state index is 0.000814. The molecule has 0 saturated heterocycles. The molecule has 232 valence electrons. The van der Waals surface area contributed by atoms with Crippen molar-refractivity contribution in [1.82, 2.24) is 14.4 Å². The Morgan fingerprint density at radius 2 is 1.88 bits per heavy atom. The van der Waals surface area contributed by atoms with Gasteiger partial charge in [-0.3, -0.25) is 0 Å². The minimum atomic E-state index is -1.94. The molecule has 1 heterocycles. The zero-order valence-corrected chi connectivity index (χ0v) is 29.1. The molecule has 2 atom stereocenters. The van der Waals surface area contributed by atoms with E-state index in [0.29, 0.717) is 41.9 Å². The predicted molar refractivity (Wildman–Crippen MR) is 176 cm³/mol. The van der Waals surface area contributed by atoms with Crippen molar-refractivity contribution in [3.63, 3.8) is 0 Å². The third kappa shape index (κ3) is 7.28. The van der Waals surface area contributed by atoms with Crippen molar-refractivity contribution in [2.24, 2.45) is 0 Å². The lowest BCUT2D eigenvalue weighted by molar-refractivity contribution is 0.230. The Kier molecular flexibility index (Phi) is 9.72. The van der Waals surface area contributed by atoms with Crippen LogP contribution in [0.25, 0.3) is 27.7 Å². The van der Waals surface area contributed by atoms with E-state index in [4.69, 9.17) is 25.2 Å². The SMILES string of the molecule is [C-]#[N+]c1cc(-c2nc(-c3cccc4c3CC[C@@H]4N(CCO[Si](C)(C)C(C)(C)C)S(=O)C(C)(C)C)no2)ccc1OC(C)C. The fraction of sp³-hybridized carbons (Fsp3) is 0.545. The molecule has 3 aromatic rings. The smallest absolute Gasteiger partial charge is 0.256 e. The maximum absolute atomic E-state index is 13.9. The van der Waals surface area contributed by atoms with E-state index in [1.165, 1.54) is 0 Å². The Balaban J connectivity index is 1.62. The lowest BCUT2D eigenvalue weighted by atomic mass is 10.0. The summed E-state index contributed by atoms with van der Waals surface area (Å²) in [6.07, 6.45) is 1.64. The van der Waals surface area contributed by atoms with Gasteiger partial charge in [0.2, 0.25) is 11.5 Å². The molecule has 0 N–H and O–H groups in total. The maximum Gasteiger partial charge on any atom is 0.256 e. The van der Waals surface area contributed by atoms with Crippen LogP contribution < -0.4 is 4.74 Å². The molecule has 0 radical (unpaired) electrons. The van der Waals surface area contributed by atoms with Gasteiger partial charge in [-0.1, -0.05) is 44.1 Å². The highest BCUT2D eigenvalue weighted by atomic mass is 32.2. The van der Waals surface area contributed by atoms with Crippen molar-refractivity contribution in [2.45, 2.75) is 103 Å². The quantitative estimate of drug-likeness (QED) is 0.167. The molecule has 0 amide bonds. The highest BCUT2D eigenvalue weighted by molar-refractivity contribution is 7.84. The Hall–Kier alpha value is -2.84. The molecule has 0 bridgehead atoms. The summed E-state index contributed by atoms with van der Waals surface area (Å²) in [6, 6.07) is 11.5. The predicted octanol–water partition coefficient (Wildman–Crippen LogP) is 8.51. The number of benzene rings is 2. The molecular weight excluding hydrogens is 577 g/mol. The summed E-state index contributed by atoms with van der Waals surface area (Å²) < 4.78 is 33.6. The fourth-order valence-corrected chi connectivity index (χ4v) is 7.42. The van der Waals surface area contributed by atoms with Crippen LogP contribution in [0.1, 0.15) is 79.0 Å². The third-order valence-corrected chi connectivity index (χ3v) is 14.7. The number of fused-ring (bicyclic) bond motifs is 1. The highest BCUT2D eigenvalue weighted by Crippen LogP contribution is 2.43. The molecule has 1 unspecified atom stereocenters. The monoisotopic (exact) mass is 622 g/mol. The second kappa shape index (κ2) is 12.6. The van der Waals surface area contributed by atoms with Crippen LogP contribution >= 0.6 is 0 Å². The van der Waals surface area contributed by atoms with Crippen molar-refractivity contribution in [1.29, 1.82) is 0 Å². The van der Waals surface area contributed by atoms with Crippen molar-refractivity contribution < 1.29 is 17.9 Å². The van der Waals surface area contributed by atoms with Crippen LogP contribution in [0.4, 0.5) is 5.69 Å². The first-order valence-electron chi connectivity index (χ1n) is 15.0. The molecule has 1 aliphatic rings. The van der Waals surface area contributed by atoms with Crippen molar-refractivity contribution in [3.8, 4) is 28.6 Å². The average Bonchev–Trinajstić information content (AvgIpc) is 3.57. The van der Waals surface area contributed by atoms with Gasteiger partial charge in [0.25, 0.3) is 5.89 Å². The van der Waals surface area contributed by atoms with E-state index in [1.807, 2.05) is 52.8 Å². The molecule has 43 heavy (non-hydrogen) atoms. The zero-order valence-electron chi connectivity index (χ0n) is 27.3. The summed E-state index contributed by atoms with van der Waals surface area (Å²) in [7, 11) is -3.15. The molecule has 0 saturated carbocycles. The lowest BCUT2D eigenvalue weighted by Gasteiger charge is -2.38. The summed E-state index contributed by atoms with van der Waals surface area (Å²) in [5, 5.41) is 4.44. The van der Waals surface area contributed by atoms with Gasteiger partial charge in [-0.05, 0) is 94.9 Å². The summed E-state index contributed by atoms with van der Waals surface area (Å²) >= 11 is 0. The summed E-state index contributed by atoms with van der Waals surface area (Å²) in [5.74, 6) is 1.39. The van der Waals surface area contributed by atoms with Gasteiger partial charge in [-0.25, -0.2) is 13.4 Å². The Morgan fingerprint density at radius 3 is 2.51 bits per heavy atom. The molecule has 0 aliphatic heterocycles. The largest absolute Gasteiger partial charge is 0.502 e. The van der Waals surface area contributed by atoms with Crippen molar-refractivity contribution in [3.05, 3.63) is 58.9 Å². The first-order chi connectivity index (χ1) is 20.0. The Morgan fingerprint density at radius 1 is 1.16 bits per heavy atom. The molecular formula is C33H46N4O4SSi. The van der Waals surface area contributed by atoms with Crippen LogP contribution in [0.3, 0.4) is 0 Å². The van der Waals surface area contributed by atoms with E-state index in [9.17, 15) is 4.21 Å². The molecule has 1 aliphatic carbocycles. The van der Waals surface area contributed by atoms with E-state index in [-0.39, 0.29) is 17.2 Å². The molecule has 1 aromatic heterocycles. The minimum Gasteiger partial charge on any atom is -0.502 e. The van der Waals surface area contributed by atoms with Gasteiger partial charge >= 0.3 is 0 Å². The van der Waals surface area contributed by atoms with Crippen LogP contribution in [-0.4, -0.2) is 51.0 Å². The first-order valence-corrected chi connectivity index (χ1v) is 19.0. The highest BCUT2D eigenvalue weighted by Gasteiger charge is 2.39. The van der Waals surface area contributed by atoms with Crippen LogP contribution in [0, 0.1) is 6.57 Å². The van der Waals surface area contributed by atoms with Crippen LogP contribution in [0.15, 0.2) is 40.9 Å². The Bertz CT molecular complexity index is 1510. The zero-order chi connectivity index (χ0) is 31.7. The first kappa shape index (κ1) is 33.1. The van der Waals surface area contributed by atoms with Gasteiger partial charge in [0, 0.05) is 30.3 Å². The molecule has 0 spiro atoms. The van der Waals surface area contributed by atoms with E-state index in [1.54, 1.807) is 12.1 Å². The molecule has 10 heteroatoms. The number of rotatable bonds is 10. The Labute approximate surface area is 260 Å². The van der Waals surface area contributed by atoms with Crippen LogP contribution in [0.5, 0.6) is 5.75 Å². The molecule has 8 nitrogen and oxygen atoms in total. The molecule has 4 rings (SSSR count). The second-order valence-electron chi connectivity index (χ2n) is 13.9. The van der Waals surface area contributed by atoms with E-state index >= 15 is 0 Å². The number of ether oxygens (including phenoxy) is 1. The van der Waals surface area contributed by atoms with Gasteiger partial charge in [0.15, 0.2) is 8.32 Å². The van der Waals surface area contributed by atoms with E-state index < -0.39 is 24.1 Å². The van der Waals surface area contributed by atoms with E-state index in [2.05, 4.69) is 54.2 Å². The topological polar surface area (TPSA) is 82.1 Å². The number of aromatic nitrogens is 2. The number of nitrogens with zero attached hydrogens (tertiary/aromatic N) is 4. The molecule has 2 aromatic carbocycles. The maximum atomic E-state index is 13.9. The fourth-order valence-electron chi connectivity index (χ4n) is 5.00. The number of hydrogen-bond donors (Lipinski definition) is 0. The van der Waals surface area contributed by atoms with Gasteiger partial charge in [0.1, 0.15) is 16.7 Å². The standard InChI is InChI=1S/C33H46N4O4SSi/c1-22(2)40-29-18-15-23(21-27(29)34-9)31-35-30(36-41-31)26-14-12-13-25-24(26)16-17-28(25)37(42(38)32(3,4)5)19-20-39-43(10,11)33(6,7)8/h12-15,18,21-22,28H,16-17,19-20H2,1-8,10-11H3/t28-,42?/m0/s1. The second-order valence-corrected chi connectivity index (χ2v) is 20.9. The summed E-state index contributed by atoms with van der Waals surface area (Å²) in [4.78, 5) is 8.35. The van der Waals surface area contributed by atoms with Crippen LogP contribution in [-0.2, 0) is 21.8 Å². The van der Waals surface area contributed by atoms with Gasteiger partial charge in [-0.15, -0.1) is 0 Å². The molecule has 0 fully saturated rings. The number of hydrogen-bond acceptors (Lipinski definition) is 6. The van der Waals surface area contributed by atoms with Crippen molar-refractivity contribution in [2.75, 3.05) is 13.2 Å². The lowest BCUT2D eigenvalue weighted by Crippen LogP contribution is -2.45. The van der Waals surface area contributed by atoms with Crippen molar-refractivity contribution >= 4 is 25.0 Å². The van der Waals surface area contributed by atoms with Gasteiger partial charge in [0.05, 0.1) is 17.4 Å². The summed E-state index contributed by atoms with van der Waals surface area (Å²) in [5.41, 5.74) is 4.29. The van der Waals surface area contributed by atoms with E-state index in [0.717, 1.165) is 29.5 Å². The normalized spacial score (nSPS) is 16.4. The third-order valence-electron chi connectivity index (χ3n) is 8.26.